The second-order valence-electron chi connectivity index (χ2n) is 6.49. The molecular formula is C21H18F2N2O2. The quantitative estimate of drug-likeness (QED) is 0.579. The van der Waals surface area contributed by atoms with Crippen molar-refractivity contribution in [3.63, 3.8) is 0 Å². The molecular weight excluding hydrogens is 350 g/mol. The van der Waals surface area contributed by atoms with Crippen molar-refractivity contribution in [2.24, 2.45) is 0 Å². The van der Waals surface area contributed by atoms with Crippen molar-refractivity contribution in [2.75, 3.05) is 7.05 Å². The number of ether oxygens (including phenoxy) is 1. The fraction of sp³-hybridized carbons (Fsp3) is 0.190. The molecule has 1 amide bonds. The van der Waals surface area contributed by atoms with Crippen molar-refractivity contribution < 1.29 is 18.3 Å². The van der Waals surface area contributed by atoms with Crippen LogP contribution in [-0.4, -0.2) is 17.7 Å². The number of para-hydroxylation sites is 1. The third-order valence-corrected chi connectivity index (χ3v) is 5.00. The number of nitrogens with zero attached hydrogens (tertiary/aromatic N) is 1. The highest BCUT2D eigenvalue weighted by Crippen LogP contribution is 2.41. The summed E-state index contributed by atoms with van der Waals surface area (Å²) in [5, 5.41) is 2.42. The minimum Gasteiger partial charge on any atom is -0.445 e. The zero-order valence-corrected chi connectivity index (χ0v) is 15.0. The van der Waals surface area contributed by atoms with Crippen LogP contribution in [-0.2, 0) is 17.8 Å². The van der Waals surface area contributed by atoms with Crippen LogP contribution in [0, 0.1) is 18.6 Å². The van der Waals surface area contributed by atoms with Gasteiger partial charge in [0.25, 0.3) is 0 Å². The van der Waals surface area contributed by atoms with Gasteiger partial charge in [-0.2, -0.15) is 0 Å². The molecule has 4 nitrogen and oxygen atoms in total. The lowest BCUT2D eigenvalue weighted by molar-refractivity contribution is 0.142. The maximum absolute atomic E-state index is 13.9. The number of hydrogen-bond acceptors (Lipinski definition) is 2. The lowest BCUT2D eigenvalue weighted by Crippen LogP contribution is -2.19. The molecule has 0 unspecified atom stereocenters. The molecule has 1 N–H and O–H groups in total. The van der Waals surface area contributed by atoms with Gasteiger partial charge in [0.15, 0.2) is 11.6 Å². The Morgan fingerprint density at radius 3 is 2.70 bits per heavy atom. The highest BCUT2D eigenvalue weighted by molar-refractivity contribution is 5.74. The average molecular weight is 368 g/mol. The first kappa shape index (κ1) is 17.3. The maximum atomic E-state index is 13.9. The van der Waals surface area contributed by atoms with E-state index in [4.69, 9.17) is 4.74 Å². The van der Waals surface area contributed by atoms with Crippen LogP contribution in [0.2, 0.25) is 0 Å². The predicted molar refractivity (Wildman–Crippen MR) is 97.9 cm³/mol. The fourth-order valence-corrected chi connectivity index (χ4v) is 3.66. The smallest absolute Gasteiger partial charge is 0.407 e. The van der Waals surface area contributed by atoms with Crippen molar-refractivity contribution in [2.45, 2.75) is 20.0 Å². The Bertz CT molecular complexity index is 1060. The third-order valence-electron chi connectivity index (χ3n) is 5.00. The second kappa shape index (κ2) is 6.54. The number of carbonyl (C=O) groups is 1. The molecule has 0 atom stereocenters. The molecule has 2 aromatic carbocycles. The molecule has 1 aliphatic rings. The van der Waals surface area contributed by atoms with E-state index >= 15 is 0 Å². The molecule has 1 aromatic heterocycles. The number of fused-ring (bicyclic) bond motifs is 3. The largest absolute Gasteiger partial charge is 0.445 e. The molecule has 0 saturated heterocycles. The van der Waals surface area contributed by atoms with Gasteiger partial charge >= 0.3 is 6.09 Å². The van der Waals surface area contributed by atoms with E-state index in [-0.39, 0.29) is 6.61 Å². The lowest BCUT2D eigenvalue weighted by Gasteiger charge is -2.13. The summed E-state index contributed by atoms with van der Waals surface area (Å²) in [5.41, 5.74) is 6.25. The Labute approximate surface area is 155 Å². The van der Waals surface area contributed by atoms with Crippen LogP contribution in [0.15, 0.2) is 42.5 Å². The first-order chi connectivity index (χ1) is 13.0. The van der Waals surface area contributed by atoms with Crippen LogP contribution in [0.1, 0.15) is 22.4 Å². The summed E-state index contributed by atoms with van der Waals surface area (Å²) in [5.74, 6) is -1.81. The number of alkyl carbamates (subject to hydrolysis) is 1. The normalized spacial score (nSPS) is 11.9. The number of carbonyl (C=O) groups excluding carboxylic acids is 1. The van der Waals surface area contributed by atoms with Crippen LogP contribution in [0.25, 0.3) is 16.9 Å². The van der Waals surface area contributed by atoms with Crippen molar-refractivity contribution in [3.05, 3.63) is 76.5 Å². The van der Waals surface area contributed by atoms with Gasteiger partial charge in [-0.3, -0.25) is 0 Å². The van der Waals surface area contributed by atoms with E-state index in [0.717, 1.165) is 40.7 Å². The summed E-state index contributed by atoms with van der Waals surface area (Å²) >= 11 is 0. The number of rotatable bonds is 3. The Hall–Kier alpha value is -3.15. The minimum atomic E-state index is -0.912. The molecule has 0 bridgehead atoms. The predicted octanol–water partition coefficient (Wildman–Crippen LogP) is 4.49. The second-order valence-corrected chi connectivity index (χ2v) is 6.49. The van der Waals surface area contributed by atoms with E-state index in [1.807, 2.05) is 25.1 Å². The SMILES string of the molecule is CNC(=O)OCc1c(C)c2n(c1-c1ccc(F)c(F)c1)-c1ccccc1C2. The van der Waals surface area contributed by atoms with E-state index < -0.39 is 17.7 Å². The average Bonchev–Trinajstić information content (AvgIpc) is 3.17. The van der Waals surface area contributed by atoms with Gasteiger partial charge in [-0.05, 0) is 42.3 Å². The molecule has 0 aliphatic carbocycles. The minimum absolute atomic E-state index is 0.0437. The zero-order valence-electron chi connectivity index (χ0n) is 15.0. The van der Waals surface area contributed by atoms with Gasteiger partial charge in [0.05, 0.1) is 5.69 Å². The van der Waals surface area contributed by atoms with Gasteiger partial charge < -0.3 is 14.6 Å². The molecule has 0 fully saturated rings. The van der Waals surface area contributed by atoms with Gasteiger partial charge in [-0.15, -0.1) is 0 Å². The topological polar surface area (TPSA) is 43.3 Å². The van der Waals surface area contributed by atoms with Crippen molar-refractivity contribution >= 4 is 6.09 Å². The maximum Gasteiger partial charge on any atom is 0.407 e. The molecule has 3 aromatic rings. The number of benzene rings is 2. The number of halogens is 2. The van der Waals surface area contributed by atoms with E-state index in [2.05, 4.69) is 16.0 Å². The summed E-state index contributed by atoms with van der Waals surface area (Å²) in [6.45, 7) is 2.01. The van der Waals surface area contributed by atoms with Crippen LogP contribution in [0.3, 0.4) is 0 Å². The summed E-state index contributed by atoms with van der Waals surface area (Å²) in [6, 6.07) is 11.8. The first-order valence-corrected chi connectivity index (χ1v) is 8.62. The number of nitrogens with one attached hydrogen (secondary N) is 1. The van der Waals surface area contributed by atoms with Gasteiger partial charge in [0, 0.05) is 36.0 Å². The van der Waals surface area contributed by atoms with Crippen molar-refractivity contribution in [1.29, 1.82) is 0 Å². The zero-order chi connectivity index (χ0) is 19.1. The van der Waals surface area contributed by atoms with E-state index in [0.29, 0.717) is 5.56 Å². The first-order valence-electron chi connectivity index (χ1n) is 8.62. The molecule has 0 saturated carbocycles. The Kier molecular flexibility index (Phi) is 4.18. The fourth-order valence-electron chi connectivity index (χ4n) is 3.66. The van der Waals surface area contributed by atoms with E-state index in [1.165, 1.54) is 18.7 Å². The summed E-state index contributed by atoms with van der Waals surface area (Å²) in [4.78, 5) is 11.6. The molecule has 1 aliphatic heterocycles. The Balaban J connectivity index is 1.93. The molecule has 4 rings (SSSR count). The molecule has 138 valence electrons. The highest BCUT2D eigenvalue weighted by Gasteiger charge is 2.29. The van der Waals surface area contributed by atoms with Crippen molar-refractivity contribution in [3.8, 4) is 16.9 Å². The van der Waals surface area contributed by atoms with Crippen molar-refractivity contribution in [1.82, 2.24) is 9.88 Å². The Morgan fingerprint density at radius 1 is 1.19 bits per heavy atom. The van der Waals surface area contributed by atoms with Gasteiger partial charge in [-0.1, -0.05) is 18.2 Å². The summed E-state index contributed by atoms with van der Waals surface area (Å²) < 4.78 is 34.7. The molecule has 6 heteroatoms. The monoisotopic (exact) mass is 368 g/mol. The Morgan fingerprint density at radius 2 is 1.96 bits per heavy atom. The molecule has 27 heavy (non-hydrogen) atoms. The summed E-state index contributed by atoms with van der Waals surface area (Å²) in [6.07, 6.45) is 0.191. The van der Waals surface area contributed by atoms with E-state index in [9.17, 15) is 13.6 Å². The number of aromatic nitrogens is 1. The van der Waals surface area contributed by atoms with Gasteiger partial charge in [0.1, 0.15) is 6.61 Å². The number of amides is 1. The molecule has 2 heterocycles. The summed E-state index contributed by atoms with van der Waals surface area (Å²) in [7, 11) is 1.49. The lowest BCUT2D eigenvalue weighted by atomic mass is 10.0. The highest BCUT2D eigenvalue weighted by atomic mass is 19.2. The molecule has 0 radical (unpaired) electrons. The standard InChI is InChI=1S/C21H18F2N2O2/c1-12-15(11-27-21(26)24-2)20(14-7-8-16(22)17(23)9-14)25-18-6-4-3-5-13(18)10-19(12)25/h3-9H,10-11H2,1-2H3,(H,24,26). The van der Waals surface area contributed by atoms with E-state index in [1.54, 1.807) is 6.07 Å². The van der Waals surface area contributed by atoms with Crippen LogP contribution in [0.5, 0.6) is 0 Å². The van der Waals surface area contributed by atoms with Crippen LogP contribution >= 0.6 is 0 Å². The third kappa shape index (κ3) is 2.77. The van der Waals surface area contributed by atoms with Gasteiger partial charge in [-0.25, -0.2) is 13.6 Å². The van der Waals surface area contributed by atoms with Crippen LogP contribution in [0.4, 0.5) is 13.6 Å². The number of hydrogen-bond donors (Lipinski definition) is 1. The molecule has 0 spiro atoms. The van der Waals surface area contributed by atoms with Crippen LogP contribution < -0.4 is 5.32 Å². The van der Waals surface area contributed by atoms with Gasteiger partial charge in [0.2, 0.25) is 0 Å².